The molecule has 0 bridgehead atoms. The van der Waals surface area contributed by atoms with Crippen LogP contribution in [0.5, 0.6) is 0 Å². The molecule has 1 heterocycles. The molecule has 1 fully saturated rings. The number of benzene rings is 2. The molecule has 1 saturated heterocycles. The molecule has 1 aliphatic rings. The summed E-state index contributed by atoms with van der Waals surface area (Å²) in [5.41, 5.74) is 1.29. The monoisotopic (exact) mass is 407 g/mol. The van der Waals surface area contributed by atoms with Crippen LogP contribution < -0.4 is 0 Å². The number of carbonyl (C=O) groups is 2. The van der Waals surface area contributed by atoms with E-state index in [1.807, 2.05) is 6.07 Å². The quantitative estimate of drug-likeness (QED) is 0.501. The van der Waals surface area contributed by atoms with E-state index in [4.69, 9.17) is 0 Å². The lowest BCUT2D eigenvalue weighted by Gasteiger charge is -2.32. The Kier molecular flexibility index (Phi) is 6.35. The zero-order chi connectivity index (χ0) is 21.0. The molecule has 0 aromatic heterocycles. The van der Waals surface area contributed by atoms with Crippen molar-refractivity contribution >= 4 is 11.7 Å². The van der Waals surface area contributed by atoms with E-state index >= 15 is 0 Å². The predicted molar refractivity (Wildman–Crippen MR) is 101 cm³/mol. The number of ketones is 1. The van der Waals surface area contributed by atoms with Gasteiger partial charge in [0.1, 0.15) is 5.82 Å². The Balaban J connectivity index is 1.68. The van der Waals surface area contributed by atoms with Gasteiger partial charge in [-0.1, -0.05) is 42.5 Å². The third kappa shape index (κ3) is 5.43. The van der Waals surface area contributed by atoms with E-state index < -0.39 is 36.7 Å². The van der Waals surface area contributed by atoms with Gasteiger partial charge in [-0.2, -0.15) is 13.2 Å². The van der Waals surface area contributed by atoms with Gasteiger partial charge in [-0.15, -0.1) is 0 Å². The van der Waals surface area contributed by atoms with Gasteiger partial charge in [0.2, 0.25) is 5.91 Å². The van der Waals surface area contributed by atoms with Gasteiger partial charge in [0.15, 0.2) is 5.78 Å². The molecule has 0 spiro atoms. The first kappa shape index (κ1) is 21.0. The first-order chi connectivity index (χ1) is 13.7. The van der Waals surface area contributed by atoms with Crippen LogP contribution in [-0.2, 0) is 4.79 Å². The number of carbonyl (C=O) groups excluding carboxylic acids is 2. The van der Waals surface area contributed by atoms with Gasteiger partial charge < -0.3 is 4.90 Å². The first-order valence-electron chi connectivity index (χ1n) is 9.48. The summed E-state index contributed by atoms with van der Waals surface area (Å²) in [4.78, 5) is 26.2. The summed E-state index contributed by atoms with van der Waals surface area (Å²) in [6.07, 6.45) is -5.14. The van der Waals surface area contributed by atoms with Crippen molar-refractivity contribution in [3.05, 3.63) is 59.9 Å². The number of Topliss-reactive ketones (excluding diaryl/α,β-unsaturated/α-hetero) is 1. The van der Waals surface area contributed by atoms with Crippen LogP contribution in [0.25, 0.3) is 11.1 Å². The molecule has 3 rings (SSSR count). The number of alkyl halides is 3. The molecule has 2 aromatic rings. The summed E-state index contributed by atoms with van der Waals surface area (Å²) in [5, 5.41) is 0. The van der Waals surface area contributed by atoms with Crippen LogP contribution in [0.1, 0.15) is 36.0 Å². The van der Waals surface area contributed by atoms with Crippen molar-refractivity contribution in [2.45, 2.75) is 31.9 Å². The number of piperidine rings is 1. The summed E-state index contributed by atoms with van der Waals surface area (Å²) in [5.74, 6) is -1.96. The average Bonchev–Trinajstić information content (AvgIpc) is 2.71. The fraction of sp³-hybridized carbons (Fsp3) is 0.364. The van der Waals surface area contributed by atoms with E-state index in [0.717, 1.165) is 0 Å². The molecule has 0 N–H and O–H groups in total. The molecule has 7 heteroatoms. The lowest BCUT2D eigenvalue weighted by Crippen LogP contribution is -2.42. The molecule has 0 aliphatic carbocycles. The number of nitrogens with zero attached hydrogens (tertiary/aromatic N) is 1. The van der Waals surface area contributed by atoms with Gasteiger partial charge in [0.05, 0.1) is 6.42 Å². The fourth-order valence-electron chi connectivity index (χ4n) is 3.58. The molecule has 1 atom stereocenters. The number of hydrogen-bond acceptors (Lipinski definition) is 2. The summed E-state index contributed by atoms with van der Waals surface area (Å²) in [6.45, 7) is 0.402. The maximum atomic E-state index is 14.6. The number of rotatable bonds is 5. The number of likely N-dealkylation sites (tertiary alicyclic amines) is 1. The molecule has 2 aromatic carbocycles. The number of halogens is 4. The molecule has 0 saturated carbocycles. The van der Waals surface area contributed by atoms with Crippen molar-refractivity contribution in [1.82, 2.24) is 4.90 Å². The van der Waals surface area contributed by atoms with E-state index in [0.29, 0.717) is 30.5 Å². The molecule has 0 radical (unpaired) electrons. The maximum absolute atomic E-state index is 14.6. The Morgan fingerprint density at radius 2 is 1.79 bits per heavy atom. The molecule has 1 aliphatic heterocycles. The highest BCUT2D eigenvalue weighted by Crippen LogP contribution is 2.27. The van der Waals surface area contributed by atoms with Gasteiger partial charge in [0, 0.05) is 36.6 Å². The zero-order valence-corrected chi connectivity index (χ0v) is 15.7. The molecule has 29 heavy (non-hydrogen) atoms. The second-order valence-corrected chi connectivity index (χ2v) is 7.22. The van der Waals surface area contributed by atoms with Gasteiger partial charge in [-0.05, 0) is 24.5 Å². The van der Waals surface area contributed by atoms with Crippen molar-refractivity contribution in [3.8, 4) is 11.1 Å². The average molecular weight is 407 g/mol. The normalized spacial score (nSPS) is 17.2. The van der Waals surface area contributed by atoms with Crippen LogP contribution >= 0.6 is 0 Å². The Morgan fingerprint density at radius 1 is 1.07 bits per heavy atom. The highest BCUT2D eigenvalue weighted by atomic mass is 19.4. The summed E-state index contributed by atoms with van der Waals surface area (Å²) in [6, 6.07) is 13.2. The Labute approximate surface area is 166 Å². The van der Waals surface area contributed by atoms with Crippen LogP contribution in [0.4, 0.5) is 17.6 Å². The Hall–Kier alpha value is -2.70. The van der Waals surface area contributed by atoms with Crippen molar-refractivity contribution in [1.29, 1.82) is 0 Å². The maximum Gasteiger partial charge on any atom is 0.389 e. The Morgan fingerprint density at radius 3 is 2.45 bits per heavy atom. The second kappa shape index (κ2) is 8.76. The van der Waals surface area contributed by atoms with Crippen LogP contribution in [-0.4, -0.2) is 35.9 Å². The van der Waals surface area contributed by atoms with E-state index in [1.54, 1.807) is 36.4 Å². The molecular weight excluding hydrogens is 386 g/mol. The van der Waals surface area contributed by atoms with Crippen LogP contribution in [0.2, 0.25) is 0 Å². The number of amides is 1. The van der Waals surface area contributed by atoms with Crippen molar-refractivity contribution in [2.24, 2.45) is 5.92 Å². The van der Waals surface area contributed by atoms with Crippen LogP contribution in [0.3, 0.4) is 0 Å². The minimum Gasteiger partial charge on any atom is -0.342 e. The lowest BCUT2D eigenvalue weighted by atomic mass is 9.89. The predicted octanol–water partition coefficient (Wildman–Crippen LogP) is 5.26. The second-order valence-electron chi connectivity index (χ2n) is 7.22. The van der Waals surface area contributed by atoms with Crippen molar-refractivity contribution < 1.29 is 27.2 Å². The smallest absolute Gasteiger partial charge is 0.342 e. The summed E-state index contributed by atoms with van der Waals surface area (Å²) < 4.78 is 51.6. The van der Waals surface area contributed by atoms with Gasteiger partial charge in [-0.3, -0.25) is 9.59 Å². The largest absolute Gasteiger partial charge is 0.389 e. The van der Waals surface area contributed by atoms with Crippen molar-refractivity contribution in [2.75, 3.05) is 13.1 Å². The third-order valence-electron chi connectivity index (χ3n) is 5.11. The topological polar surface area (TPSA) is 37.4 Å². The van der Waals surface area contributed by atoms with Gasteiger partial charge in [-0.25, -0.2) is 4.39 Å². The highest BCUT2D eigenvalue weighted by molar-refractivity contribution is 5.98. The SMILES string of the molecule is O=C(c1ccc(-c2ccccc2)c(F)c1)C1CCCN(C(=O)CCC(F)(F)F)C1. The summed E-state index contributed by atoms with van der Waals surface area (Å²) in [7, 11) is 0. The molecule has 1 amide bonds. The standard InChI is InChI=1S/C22H21F4NO2/c23-19-13-16(8-9-18(19)15-5-2-1-3-6-15)21(29)17-7-4-12-27(14-17)20(28)10-11-22(24,25)26/h1-3,5-6,8-9,13,17H,4,7,10-12,14H2. The number of hydrogen-bond donors (Lipinski definition) is 0. The molecular formula is C22H21F4NO2. The minimum absolute atomic E-state index is 0.0670. The summed E-state index contributed by atoms with van der Waals surface area (Å²) >= 11 is 0. The van der Waals surface area contributed by atoms with Crippen molar-refractivity contribution in [3.63, 3.8) is 0 Å². The van der Waals surface area contributed by atoms with E-state index in [9.17, 15) is 27.2 Å². The lowest BCUT2D eigenvalue weighted by molar-refractivity contribution is -0.149. The third-order valence-corrected chi connectivity index (χ3v) is 5.11. The van der Waals surface area contributed by atoms with Crippen LogP contribution in [0, 0.1) is 11.7 Å². The Bertz CT molecular complexity index is 880. The van der Waals surface area contributed by atoms with Gasteiger partial charge >= 0.3 is 6.18 Å². The van der Waals surface area contributed by atoms with E-state index in [1.165, 1.54) is 11.0 Å². The fourth-order valence-corrected chi connectivity index (χ4v) is 3.58. The molecule has 154 valence electrons. The van der Waals surface area contributed by atoms with E-state index in [2.05, 4.69) is 0 Å². The zero-order valence-electron chi connectivity index (χ0n) is 15.7. The van der Waals surface area contributed by atoms with E-state index in [-0.39, 0.29) is 17.9 Å². The van der Waals surface area contributed by atoms with Crippen LogP contribution in [0.15, 0.2) is 48.5 Å². The highest BCUT2D eigenvalue weighted by Gasteiger charge is 2.32. The van der Waals surface area contributed by atoms with Gasteiger partial charge in [0.25, 0.3) is 0 Å². The first-order valence-corrected chi connectivity index (χ1v) is 9.48. The molecule has 3 nitrogen and oxygen atoms in total. The molecule has 1 unspecified atom stereocenters. The minimum atomic E-state index is -4.39.